The van der Waals surface area contributed by atoms with Gasteiger partial charge < -0.3 is 26.2 Å². The van der Waals surface area contributed by atoms with Crippen molar-refractivity contribution in [3.8, 4) is 0 Å². The quantitative estimate of drug-likeness (QED) is 0.101. The number of piperidine rings is 1. The van der Waals surface area contributed by atoms with Crippen LogP contribution in [0.2, 0.25) is 0 Å². The van der Waals surface area contributed by atoms with Crippen LogP contribution >= 0.6 is 0 Å². The molecule has 13 nitrogen and oxygen atoms in total. The summed E-state index contributed by atoms with van der Waals surface area (Å²) < 4.78 is 0. The first-order valence-corrected chi connectivity index (χ1v) is 20.9. The molecule has 2 saturated carbocycles. The lowest BCUT2D eigenvalue weighted by atomic mass is 9.76. The van der Waals surface area contributed by atoms with Crippen molar-refractivity contribution in [3.05, 3.63) is 12.7 Å². The molecule has 0 aromatic rings. The molecule has 308 valence electrons. The van der Waals surface area contributed by atoms with Crippen molar-refractivity contribution in [2.45, 2.75) is 150 Å². The standard InChI is InChI=1S/C42H68N6O7/c1-8-15-29(36(51)38(53)43-20-9-2)24-44-37(52)31-21-30(27(3)4)25-47(31)39(54)35(28-16-11-10-12-17-28)46-40(55)45-32(41(5,6)7)26-48-33(49)22-42(23-34(48)50)18-13-14-19-42/h9,27-32,35H,2,8,10-26H2,1,3-7H3,(H,43,53)(H,44,52)(H2,45,46,55)/t29?,30?,31-,32+,35-/m0/s1. The molecule has 2 aliphatic carbocycles. The van der Waals surface area contributed by atoms with Crippen molar-refractivity contribution in [1.82, 2.24) is 31.1 Å². The highest BCUT2D eigenvalue weighted by Gasteiger charge is 2.47. The van der Waals surface area contributed by atoms with Gasteiger partial charge in [0.25, 0.3) is 5.91 Å². The zero-order valence-corrected chi connectivity index (χ0v) is 34.3. The first-order valence-electron chi connectivity index (χ1n) is 20.9. The van der Waals surface area contributed by atoms with Crippen molar-refractivity contribution >= 4 is 41.4 Å². The molecule has 4 N–H and O–H groups in total. The number of nitrogens with zero attached hydrogens (tertiary/aromatic N) is 2. The molecule has 7 amide bonds. The summed E-state index contributed by atoms with van der Waals surface area (Å²) in [5.74, 6) is -2.99. The predicted molar refractivity (Wildman–Crippen MR) is 210 cm³/mol. The molecule has 2 aliphatic heterocycles. The van der Waals surface area contributed by atoms with E-state index in [1.54, 1.807) is 4.90 Å². The average molecular weight is 769 g/mol. The van der Waals surface area contributed by atoms with E-state index in [-0.39, 0.29) is 66.4 Å². The van der Waals surface area contributed by atoms with Crippen LogP contribution in [0.25, 0.3) is 0 Å². The van der Waals surface area contributed by atoms with Gasteiger partial charge in [0.1, 0.15) is 12.1 Å². The molecule has 0 aromatic carbocycles. The van der Waals surface area contributed by atoms with Crippen LogP contribution in [0, 0.1) is 34.5 Å². The Morgan fingerprint density at radius 3 is 2.11 bits per heavy atom. The van der Waals surface area contributed by atoms with E-state index < -0.39 is 47.2 Å². The number of urea groups is 1. The van der Waals surface area contributed by atoms with Gasteiger partial charge in [0.05, 0.1) is 6.04 Å². The van der Waals surface area contributed by atoms with Gasteiger partial charge in [0.2, 0.25) is 29.4 Å². The molecule has 13 heteroatoms. The minimum atomic E-state index is -0.884. The highest BCUT2D eigenvalue weighted by molar-refractivity contribution is 6.37. The van der Waals surface area contributed by atoms with Crippen LogP contribution in [0.3, 0.4) is 0 Å². The number of rotatable bonds is 16. The maximum atomic E-state index is 14.7. The number of Topliss-reactive ketones (excluding diaryl/α,β-unsaturated/α-hetero) is 1. The molecule has 2 heterocycles. The van der Waals surface area contributed by atoms with E-state index in [2.05, 4.69) is 41.7 Å². The van der Waals surface area contributed by atoms with Gasteiger partial charge in [-0.15, -0.1) is 6.58 Å². The number of hydrogen-bond donors (Lipinski definition) is 4. The van der Waals surface area contributed by atoms with Gasteiger partial charge >= 0.3 is 6.03 Å². The second kappa shape index (κ2) is 19.4. The van der Waals surface area contributed by atoms with Crippen molar-refractivity contribution in [3.63, 3.8) is 0 Å². The summed E-state index contributed by atoms with van der Waals surface area (Å²) in [6.07, 6.45) is 11.9. The van der Waals surface area contributed by atoms with Gasteiger partial charge in [-0.1, -0.05) is 86.1 Å². The first kappa shape index (κ1) is 44.0. The molecule has 1 spiro atoms. The van der Waals surface area contributed by atoms with E-state index in [1.165, 1.54) is 11.0 Å². The Morgan fingerprint density at radius 1 is 0.909 bits per heavy atom. The molecule has 5 atom stereocenters. The Balaban J connectivity index is 1.50. The molecular weight excluding hydrogens is 700 g/mol. The smallest absolute Gasteiger partial charge is 0.315 e. The van der Waals surface area contributed by atoms with E-state index >= 15 is 0 Å². The van der Waals surface area contributed by atoms with E-state index in [0.29, 0.717) is 38.6 Å². The molecule has 55 heavy (non-hydrogen) atoms. The summed E-state index contributed by atoms with van der Waals surface area (Å²) in [7, 11) is 0. The second-order valence-electron chi connectivity index (χ2n) is 18.2. The molecule has 0 radical (unpaired) electrons. The van der Waals surface area contributed by atoms with Crippen molar-refractivity contribution in [2.24, 2.45) is 34.5 Å². The zero-order chi connectivity index (χ0) is 40.5. The first-order chi connectivity index (χ1) is 26.0. The second-order valence-corrected chi connectivity index (χ2v) is 18.2. The molecule has 0 aromatic heterocycles. The normalized spacial score (nSPS) is 23.3. The maximum Gasteiger partial charge on any atom is 0.315 e. The molecule has 4 aliphatic rings. The fraction of sp³-hybridized carbons (Fsp3) is 0.786. The highest BCUT2D eigenvalue weighted by Crippen LogP contribution is 2.47. The summed E-state index contributed by atoms with van der Waals surface area (Å²) in [6, 6.07) is -2.81. The van der Waals surface area contributed by atoms with Gasteiger partial charge in [-0.2, -0.15) is 0 Å². The summed E-state index contributed by atoms with van der Waals surface area (Å²) in [6.45, 7) is 16.0. The maximum absolute atomic E-state index is 14.7. The Morgan fingerprint density at radius 2 is 1.55 bits per heavy atom. The van der Waals surface area contributed by atoms with E-state index in [0.717, 1.165) is 57.8 Å². The lowest BCUT2D eigenvalue weighted by Crippen LogP contribution is -2.61. The summed E-state index contributed by atoms with van der Waals surface area (Å²) in [4.78, 5) is 97.6. The van der Waals surface area contributed by atoms with Crippen molar-refractivity contribution in [1.29, 1.82) is 0 Å². The largest absolute Gasteiger partial charge is 0.354 e. The van der Waals surface area contributed by atoms with Gasteiger partial charge in [-0.25, -0.2) is 4.79 Å². The van der Waals surface area contributed by atoms with Crippen LogP contribution in [0.5, 0.6) is 0 Å². The van der Waals surface area contributed by atoms with Crippen LogP contribution in [-0.2, 0) is 28.8 Å². The molecule has 2 unspecified atom stereocenters. The molecule has 2 saturated heterocycles. The fourth-order valence-corrected chi connectivity index (χ4v) is 9.10. The summed E-state index contributed by atoms with van der Waals surface area (Å²) >= 11 is 0. The third-order valence-corrected chi connectivity index (χ3v) is 12.7. The van der Waals surface area contributed by atoms with Crippen LogP contribution in [-0.4, -0.2) is 95.5 Å². The topological polar surface area (TPSA) is 174 Å². The average Bonchev–Trinajstić information content (AvgIpc) is 3.79. The van der Waals surface area contributed by atoms with Crippen molar-refractivity contribution in [2.75, 3.05) is 26.2 Å². The number of carbonyl (C=O) groups is 7. The minimum absolute atomic E-state index is 0.0260. The number of imide groups is 1. The Bertz CT molecular complexity index is 1410. The lowest BCUT2D eigenvalue weighted by molar-refractivity contribution is -0.154. The molecular formula is C42H68N6O7. The van der Waals surface area contributed by atoms with Crippen LogP contribution in [0.15, 0.2) is 12.7 Å². The number of likely N-dealkylation sites (tertiary alicyclic amines) is 2. The fourth-order valence-electron chi connectivity index (χ4n) is 9.10. The van der Waals surface area contributed by atoms with Crippen LogP contribution in [0.4, 0.5) is 4.79 Å². The van der Waals surface area contributed by atoms with E-state index in [1.807, 2.05) is 27.7 Å². The monoisotopic (exact) mass is 769 g/mol. The van der Waals surface area contributed by atoms with Crippen LogP contribution < -0.4 is 21.3 Å². The van der Waals surface area contributed by atoms with Crippen molar-refractivity contribution < 1.29 is 33.6 Å². The summed E-state index contributed by atoms with van der Waals surface area (Å²) in [5, 5.41) is 11.5. The predicted octanol–water partition coefficient (Wildman–Crippen LogP) is 4.64. The van der Waals surface area contributed by atoms with Gasteiger partial charge in [0, 0.05) is 44.9 Å². The summed E-state index contributed by atoms with van der Waals surface area (Å²) in [5.41, 5.74) is -0.744. The van der Waals surface area contributed by atoms with Gasteiger partial charge in [-0.3, -0.25) is 33.7 Å². The zero-order valence-electron chi connectivity index (χ0n) is 34.3. The van der Waals surface area contributed by atoms with E-state index in [9.17, 15) is 33.6 Å². The number of ketones is 1. The van der Waals surface area contributed by atoms with E-state index in [4.69, 9.17) is 0 Å². The van der Waals surface area contributed by atoms with Gasteiger partial charge in [-0.05, 0) is 67.1 Å². The highest BCUT2D eigenvalue weighted by atomic mass is 16.2. The third kappa shape index (κ3) is 11.4. The molecule has 0 bridgehead atoms. The number of amides is 7. The Hall–Kier alpha value is -3.77. The Labute approximate surface area is 328 Å². The Kier molecular flexibility index (Phi) is 15.5. The number of nitrogens with one attached hydrogen (secondary N) is 4. The minimum Gasteiger partial charge on any atom is -0.354 e. The van der Waals surface area contributed by atoms with Gasteiger partial charge in [0.15, 0.2) is 0 Å². The molecule has 4 fully saturated rings. The number of hydrogen-bond acceptors (Lipinski definition) is 7. The number of carbonyl (C=O) groups excluding carboxylic acids is 7. The SMILES string of the molecule is C=CCNC(=O)C(=O)C(CCC)CNC(=O)[C@@H]1CC(C(C)C)CN1C(=O)[C@@H](NC(=O)N[C@H](CN1C(=O)CC2(CCCC2)CC1=O)C(C)(C)C)C1CCCCC1. The molecule has 4 rings (SSSR count). The van der Waals surface area contributed by atoms with Crippen LogP contribution in [0.1, 0.15) is 131 Å². The lowest BCUT2D eigenvalue weighted by Gasteiger charge is -2.41. The third-order valence-electron chi connectivity index (χ3n) is 12.7.